The number of aromatic nitrogens is 1. The second-order valence-corrected chi connectivity index (χ2v) is 2.93. The molecule has 1 nitrogen and oxygen atoms in total. The molecule has 0 aliphatic heterocycles. The van der Waals surface area contributed by atoms with E-state index >= 15 is 0 Å². The highest BCUT2D eigenvalue weighted by molar-refractivity contribution is 5.89. The quantitative estimate of drug-likeness (QED) is 0.665. The van der Waals surface area contributed by atoms with Gasteiger partial charge in [0.2, 0.25) is 0 Å². The summed E-state index contributed by atoms with van der Waals surface area (Å²) in [7, 11) is 0. The average Bonchev–Trinajstić information content (AvgIpc) is 2.27. The fraction of sp³-hybridized carbons (Fsp3) is 0. The standard InChI is InChI=1S/C12H9FN/c1-2-11(13)9-5-3-7-12-10(9)6-4-8-14-12/h2-8H,1H2/b11-2-. The smallest absolute Gasteiger partial charge is 0.127 e. The van der Waals surface area contributed by atoms with Gasteiger partial charge in [0, 0.05) is 17.1 Å². The van der Waals surface area contributed by atoms with Gasteiger partial charge in [-0.2, -0.15) is 0 Å². The number of nitrogens with zero attached hydrogens (tertiary/aromatic N) is 1. The molecule has 0 aliphatic carbocycles. The third-order valence-electron chi connectivity index (χ3n) is 2.08. The van der Waals surface area contributed by atoms with Gasteiger partial charge in [-0.15, -0.1) is 0 Å². The van der Waals surface area contributed by atoms with Crippen LogP contribution >= 0.6 is 0 Å². The second-order valence-electron chi connectivity index (χ2n) is 2.93. The molecule has 1 aromatic heterocycles. The highest BCUT2D eigenvalue weighted by Crippen LogP contribution is 2.24. The summed E-state index contributed by atoms with van der Waals surface area (Å²) in [6.07, 6.45) is 2.90. The summed E-state index contributed by atoms with van der Waals surface area (Å²) in [6.45, 7) is 3.41. The lowest BCUT2D eigenvalue weighted by Crippen LogP contribution is -1.83. The fourth-order valence-corrected chi connectivity index (χ4v) is 1.42. The second kappa shape index (κ2) is 3.58. The van der Waals surface area contributed by atoms with Gasteiger partial charge in [0.15, 0.2) is 0 Å². The Bertz CT molecular complexity index is 483. The van der Waals surface area contributed by atoms with Crippen molar-refractivity contribution in [3.63, 3.8) is 0 Å². The number of fused-ring (bicyclic) bond motifs is 1. The summed E-state index contributed by atoms with van der Waals surface area (Å²) in [5, 5.41) is 0.812. The van der Waals surface area contributed by atoms with Crippen LogP contribution < -0.4 is 0 Å². The molecule has 0 bridgehead atoms. The molecule has 0 unspecified atom stereocenters. The maximum absolute atomic E-state index is 13.4. The molecule has 0 saturated heterocycles. The molecule has 2 heteroatoms. The molecule has 0 amide bonds. The first kappa shape index (κ1) is 8.88. The average molecular weight is 186 g/mol. The number of rotatable bonds is 1. The van der Waals surface area contributed by atoms with Crippen molar-refractivity contribution in [1.82, 2.24) is 4.98 Å². The molecule has 0 N–H and O–H groups in total. The van der Waals surface area contributed by atoms with Crippen LogP contribution in [0.25, 0.3) is 16.7 Å². The van der Waals surface area contributed by atoms with Crippen molar-refractivity contribution in [2.24, 2.45) is 0 Å². The Morgan fingerprint density at radius 1 is 1.29 bits per heavy atom. The fourth-order valence-electron chi connectivity index (χ4n) is 1.42. The molecule has 14 heavy (non-hydrogen) atoms. The number of halogens is 1. The molecule has 1 heterocycles. The van der Waals surface area contributed by atoms with Gasteiger partial charge in [-0.1, -0.05) is 18.2 Å². The molecule has 69 valence electrons. The lowest BCUT2D eigenvalue weighted by Gasteiger charge is -2.02. The summed E-state index contributed by atoms with van der Waals surface area (Å²) in [5.74, 6) is -0.316. The van der Waals surface area contributed by atoms with Gasteiger partial charge in [-0.05, 0) is 25.1 Å². The molecule has 2 rings (SSSR count). The van der Waals surface area contributed by atoms with Crippen molar-refractivity contribution in [2.75, 3.05) is 0 Å². The lowest BCUT2D eigenvalue weighted by molar-refractivity contribution is 0.761. The third kappa shape index (κ3) is 1.39. The summed E-state index contributed by atoms with van der Waals surface area (Å²) in [5.41, 5.74) is 1.34. The molecule has 0 fully saturated rings. The normalized spacial score (nSPS) is 12.0. The first-order valence-electron chi connectivity index (χ1n) is 4.32. The van der Waals surface area contributed by atoms with Crippen LogP contribution in [0.2, 0.25) is 0 Å². The zero-order chi connectivity index (χ0) is 9.97. The minimum atomic E-state index is -0.316. The monoisotopic (exact) mass is 186 g/mol. The first-order valence-corrected chi connectivity index (χ1v) is 4.32. The van der Waals surface area contributed by atoms with Gasteiger partial charge >= 0.3 is 0 Å². The van der Waals surface area contributed by atoms with Crippen LogP contribution in [-0.2, 0) is 0 Å². The molecule has 2 aromatic rings. The number of pyridine rings is 1. The molecule has 0 atom stereocenters. The zero-order valence-electron chi connectivity index (χ0n) is 7.57. The number of hydrogen-bond donors (Lipinski definition) is 0. The van der Waals surface area contributed by atoms with Crippen molar-refractivity contribution in [3.05, 3.63) is 55.1 Å². The minimum absolute atomic E-state index is 0.316. The van der Waals surface area contributed by atoms with Crippen LogP contribution in [0.1, 0.15) is 5.56 Å². The van der Waals surface area contributed by atoms with Gasteiger partial charge in [-0.3, -0.25) is 4.98 Å². The van der Waals surface area contributed by atoms with Crippen molar-refractivity contribution in [1.29, 1.82) is 0 Å². The van der Waals surface area contributed by atoms with Crippen molar-refractivity contribution < 1.29 is 4.39 Å². The Balaban J connectivity index is 2.77. The van der Waals surface area contributed by atoms with Crippen LogP contribution in [-0.4, -0.2) is 4.98 Å². The Hall–Kier alpha value is -1.70. The van der Waals surface area contributed by atoms with Crippen molar-refractivity contribution in [3.8, 4) is 0 Å². The maximum Gasteiger partial charge on any atom is 0.127 e. The van der Waals surface area contributed by atoms with Gasteiger partial charge < -0.3 is 0 Å². The molecule has 0 aliphatic rings. The number of benzene rings is 1. The van der Waals surface area contributed by atoms with E-state index in [2.05, 4.69) is 11.9 Å². The predicted octanol–water partition coefficient (Wildman–Crippen LogP) is 3.38. The largest absolute Gasteiger partial charge is 0.256 e. The third-order valence-corrected chi connectivity index (χ3v) is 2.08. The van der Waals surface area contributed by atoms with E-state index in [0.29, 0.717) is 5.56 Å². The van der Waals surface area contributed by atoms with Crippen LogP contribution in [0.15, 0.2) is 42.6 Å². The van der Waals surface area contributed by atoms with Gasteiger partial charge in [0.05, 0.1) is 5.52 Å². The van der Waals surface area contributed by atoms with Crippen LogP contribution in [0.3, 0.4) is 0 Å². The first-order chi connectivity index (χ1) is 6.83. The minimum Gasteiger partial charge on any atom is -0.256 e. The van der Waals surface area contributed by atoms with Gasteiger partial charge in [0.1, 0.15) is 5.83 Å². The molecule has 0 spiro atoms. The van der Waals surface area contributed by atoms with E-state index in [4.69, 9.17) is 0 Å². The molecular formula is C12H9FN. The number of hydrogen-bond acceptors (Lipinski definition) is 1. The van der Waals surface area contributed by atoms with E-state index in [1.807, 2.05) is 12.1 Å². The van der Waals surface area contributed by atoms with Crippen molar-refractivity contribution >= 4 is 16.7 Å². The molecule has 1 aromatic carbocycles. The summed E-state index contributed by atoms with van der Waals surface area (Å²) in [6, 6.07) is 9.01. The van der Waals surface area contributed by atoms with E-state index in [1.165, 1.54) is 6.08 Å². The van der Waals surface area contributed by atoms with E-state index in [0.717, 1.165) is 10.9 Å². The Morgan fingerprint density at radius 2 is 2.14 bits per heavy atom. The summed E-state index contributed by atoms with van der Waals surface area (Å²) in [4.78, 5) is 4.14. The Kier molecular flexibility index (Phi) is 2.27. The highest BCUT2D eigenvalue weighted by Gasteiger charge is 2.04. The van der Waals surface area contributed by atoms with Crippen LogP contribution in [0, 0.1) is 6.92 Å². The molecule has 0 saturated carbocycles. The maximum atomic E-state index is 13.4. The van der Waals surface area contributed by atoms with Gasteiger partial charge in [-0.25, -0.2) is 4.39 Å². The van der Waals surface area contributed by atoms with Crippen LogP contribution in [0.4, 0.5) is 4.39 Å². The summed E-state index contributed by atoms with van der Waals surface area (Å²) >= 11 is 0. The van der Waals surface area contributed by atoms with Gasteiger partial charge in [0.25, 0.3) is 0 Å². The molecule has 1 radical (unpaired) electrons. The number of allylic oxidation sites excluding steroid dienone is 1. The van der Waals surface area contributed by atoms with E-state index in [1.54, 1.807) is 24.4 Å². The highest BCUT2D eigenvalue weighted by atomic mass is 19.1. The lowest BCUT2D eigenvalue weighted by atomic mass is 10.1. The predicted molar refractivity (Wildman–Crippen MR) is 56.2 cm³/mol. The zero-order valence-corrected chi connectivity index (χ0v) is 7.57. The van der Waals surface area contributed by atoms with E-state index < -0.39 is 0 Å². The molecular weight excluding hydrogens is 177 g/mol. The van der Waals surface area contributed by atoms with Crippen molar-refractivity contribution in [2.45, 2.75) is 0 Å². The SMILES string of the molecule is [CH2]/C=C(\F)c1cccc2ncccc12. The van der Waals surface area contributed by atoms with E-state index in [9.17, 15) is 4.39 Å². The van der Waals surface area contributed by atoms with Crippen LogP contribution in [0.5, 0.6) is 0 Å². The topological polar surface area (TPSA) is 12.9 Å². The summed E-state index contributed by atoms with van der Waals surface area (Å²) < 4.78 is 13.4. The van der Waals surface area contributed by atoms with E-state index in [-0.39, 0.29) is 5.83 Å². The Labute approximate surface area is 81.9 Å². The Morgan fingerprint density at radius 3 is 2.93 bits per heavy atom.